The van der Waals surface area contributed by atoms with Crippen LogP contribution in [-0.4, -0.2) is 44.7 Å². The molecule has 0 fully saturated rings. The number of nitrogens with zero attached hydrogens (tertiary/aromatic N) is 3. The number of carboxylic acids is 1. The van der Waals surface area contributed by atoms with Crippen LogP contribution in [0.1, 0.15) is 6.92 Å². The summed E-state index contributed by atoms with van der Waals surface area (Å²) in [6.07, 6.45) is 1.39. The normalized spacial score (nSPS) is 11.9. The Kier molecular flexibility index (Phi) is 3.56. The van der Waals surface area contributed by atoms with E-state index in [0.717, 1.165) is 16.4 Å². The minimum Gasteiger partial charge on any atom is -0.480 e. The second-order valence-corrected chi connectivity index (χ2v) is 3.62. The number of urea groups is 1. The molecule has 82 valence electrons. The van der Waals surface area contributed by atoms with Crippen LogP contribution < -0.4 is 5.32 Å². The zero-order chi connectivity index (χ0) is 11.4. The van der Waals surface area contributed by atoms with Crippen molar-refractivity contribution in [1.82, 2.24) is 14.5 Å². The van der Waals surface area contributed by atoms with Gasteiger partial charge in [-0.15, -0.1) is 5.10 Å². The van der Waals surface area contributed by atoms with Crippen molar-refractivity contribution in [2.24, 2.45) is 0 Å². The highest BCUT2D eigenvalue weighted by molar-refractivity contribution is 7.10. The maximum absolute atomic E-state index is 11.5. The number of hydrogen-bond acceptors (Lipinski definition) is 5. The summed E-state index contributed by atoms with van der Waals surface area (Å²) in [5, 5.41) is 15.2. The van der Waals surface area contributed by atoms with Crippen LogP contribution in [0.5, 0.6) is 0 Å². The first-order valence-corrected chi connectivity index (χ1v) is 4.83. The van der Waals surface area contributed by atoms with Crippen molar-refractivity contribution in [2.45, 2.75) is 13.0 Å². The fraction of sp³-hybridized carbons (Fsp3) is 0.429. The number of rotatable bonds is 3. The molecule has 1 rings (SSSR count). The van der Waals surface area contributed by atoms with Crippen molar-refractivity contribution in [3.63, 3.8) is 0 Å². The first-order chi connectivity index (χ1) is 7.02. The Balaban J connectivity index is 2.57. The van der Waals surface area contributed by atoms with E-state index in [2.05, 4.69) is 14.9 Å². The predicted octanol–water partition coefficient (Wildman–Crippen LogP) is 0.475. The van der Waals surface area contributed by atoms with Crippen molar-refractivity contribution in [3.8, 4) is 0 Å². The molecule has 1 aromatic heterocycles. The van der Waals surface area contributed by atoms with Gasteiger partial charge in [-0.05, 0) is 6.92 Å². The number of carboxylic acid groups (broad SMARTS) is 1. The first kappa shape index (κ1) is 11.4. The molecule has 7 nitrogen and oxygen atoms in total. The van der Waals surface area contributed by atoms with Crippen molar-refractivity contribution in [2.75, 3.05) is 12.4 Å². The Morgan fingerprint density at radius 3 is 2.80 bits per heavy atom. The molecule has 1 unspecified atom stereocenters. The lowest BCUT2D eigenvalue weighted by Crippen LogP contribution is -2.42. The molecule has 0 spiro atoms. The van der Waals surface area contributed by atoms with Crippen molar-refractivity contribution in [1.29, 1.82) is 0 Å². The maximum Gasteiger partial charge on any atom is 0.326 e. The number of likely N-dealkylation sites (N-methyl/N-ethyl adjacent to an activating group) is 1. The summed E-state index contributed by atoms with van der Waals surface area (Å²) in [4.78, 5) is 23.1. The average Bonchev–Trinajstić information content (AvgIpc) is 2.67. The number of aromatic nitrogens is 2. The lowest BCUT2D eigenvalue weighted by molar-refractivity contribution is -0.141. The van der Waals surface area contributed by atoms with Gasteiger partial charge in [0, 0.05) is 18.6 Å². The van der Waals surface area contributed by atoms with E-state index in [1.807, 2.05) is 0 Å². The van der Waals surface area contributed by atoms with E-state index in [9.17, 15) is 9.59 Å². The Bertz CT molecular complexity index is 353. The molecule has 0 radical (unpaired) electrons. The van der Waals surface area contributed by atoms with Gasteiger partial charge in [0.15, 0.2) is 0 Å². The summed E-state index contributed by atoms with van der Waals surface area (Å²) in [5.74, 6) is -1.06. The van der Waals surface area contributed by atoms with Crippen LogP contribution in [0.4, 0.5) is 9.80 Å². The van der Waals surface area contributed by atoms with Gasteiger partial charge in [0.1, 0.15) is 11.0 Å². The van der Waals surface area contributed by atoms with E-state index in [0.29, 0.717) is 5.00 Å². The van der Waals surface area contributed by atoms with Gasteiger partial charge >= 0.3 is 12.0 Å². The van der Waals surface area contributed by atoms with Crippen molar-refractivity contribution < 1.29 is 14.7 Å². The molecular weight excluding hydrogens is 220 g/mol. The van der Waals surface area contributed by atoms with E-state index >= 15 is 0 Å². The van der Waals surface area contributed by atoms with Gasteiger partial charge in [-0.1, -0.05) is 4.49 Å². The van der Waals surface area contributed by atoms with Crippen LogP contribution in [0.2, 0.25) is 0 Å². The molecule has 0 saturated heterocycles. The molecule has 8 heteroatoms. The minimum atomic E-state index is -1.06. The number of aliphatic carboxylic acids is 1. The summed E-state index contributed by atoms with van der Waals surface area (Å²) in [5.41, 5.74) is 0. The van der Waals surface area contributed by atoms with Gasteiger partial charge in [0.2, 0.25) is 0 Å². The molecular formula is C7H10N4O3S. The zero-order valence-electron chi connectivity index (χ0n) is 8.17. The monoisotopic (exact) mass is 230 g/mol. The Morgan fingerprint density at radius 1 is 1.67 bits per heavy atom. The molecule has 1 atom stereocenters. The summed E-state index contributed by atoms with van der Waals surface area (Å²) < 4.78 is 3.56. The van der Waals surface area contributed by atoms with Crippen molar-refractivity contribution >= 4 is 28.5 Å². The SMILES string of the molecule is CC(C(=O)O)N(C)C(=O)Nc1cnns1. The van der Waals surface area contributed by atoms with Gasteiger partial charge < -0.3 is 10.0 Å². The van der Waals surface area contributed by atoms with Crippen LogP contribution in [0.3, 0.4) is 0 Å². The Hall–Kier alpha value is -1.70. The molecule has 0 aromatic carbocycles. The second-order valence-electron chi connectivity index (χ2n) is 2.84. The Labute approximate surface area is 89.9 Å². The van der Waals surface area contributed by atoms with E-state index in [1.165, 1.54) is 20.2 Å². The number of anilines is 1. The van der Waals surface area contributed by atoms with E-state index < -0.39 is 18.0 Å². The fourth-order valence-electron chi connectivity index (χ4n) is 0.757. The standard InChI is InChI=1S/C7H10N4O3S/c1-4(6(12)13)11(2)7(14)9-5-3-8-10-15-5/h3-4H,1-2H3,(H,9,14)(H,12,13). The highest BCUT2D eigenvalue weighted by atomic mass is 32.1. The van der Waals surface area contributed by atoms with Gasteiger partial charge in [-0.25, -0.2) is 9.59 Å². The summed E-state index contributed by atoms with van der Waals surface area (Å²) >= 11 is 1.02. The minimum absolute atomic E-state index is 0.476. The molecule has 2 N–H and O–H groups in total. The van der Waals surface area contributed by atoms with E-state index in [1.54, 1.807) is 0 Å². The lowest BCUT2D eigenvalue weighted by atomic mass is 10.3. The largest absolute Gasteiger partial charge is 0.480 e. The van der Waals surface area contributed by atoms with Gasteiger partial charge in [0.25, 0.3) is 0 Å². The molecule has 0 bridgehead atoms. The number of carbonyl (C=O) groups is 2. The third kappa shape index (κ3) is 2.88. The van der Waals surface area contributed by atoms with Crippen LogP contribution in [0, 0.1) is 0 Å². The molecule has 0 saturated carbocycles. The van der Waals surface area contributed by atoms with Crippen LogP contribution >= 0.6 is 11.5 Å². The number of carbonyl (C=O) groups excluding carboxylic acids is 1. The molecule has 2 amide bonds. The summed E-state index contributed by atoms with van der Waals surface area (Å²) in [6.45, 7) is 1.42. The predicted molar refractivity (Wildman–Crippen MR) is 53.8 cm³/mol. The van der Waals surface area contributed by atoms with Gasteiger partial charge in [-0.2, -0.15) is 0 Å². The Morgan fingerprint density at radius 2 is 2.33 bits per heavy atom. The van der Waals surface area contributed by atoms with E-state index in [4.69, 9.17) is 5.11 Å². The van der Waals surface area contributed by atoms with Crippen LogP contribution in [-0.2, 0) is 4.79 Å². The zero-order valence-corrected chi connectivity index (χ0v) is 8.98. The fourth-order valence-corrected chi connectivity index (χ4v) is 1.17. The molecule has 1 heterocycles. The molecule has 1 aromatic rings. The van der Waals surface area contributed by atoms with Gasteiger partial charge in [0.05, 0.1) is 6.20 Å². The third-order valence-electron chi connectivity index (χ3n) is 1.85. The van der Waals surface area contributed by atoms with Crippen LogP contribution in [0.25, 0.3) is 0 Å². The summed E-state index contributed by atoms with van der Waals surface area (Å²) in [7, 11) is 1.41. The number of nitrogens with one attached hydrogen (secondary N) is 1. The first-order valence-electron chi connectivity index (χ1n) is 4.06. The molecule has 0 aliphatic heterocycles. The van der Waals surface area contributed by atoms with E-state index in [-0.39, 0.29) is 0 Å². The lowest BCUT2D eigenvalue weighted by Gasteiger charge is -2.20. The van der Waals surface area contributed by atoms with Gasteiger partial charge in [-0.3, -0.25) is 5.32 Å². The number of amides is 2. The summed E-state index contributed by atoms with van der Waals surface area (Å²) in [6, 6.07) is -1.39. The quantitative estimate of drug-likeness (QED) is 0.787. The maximum atomic E-state index is 11.5. The average molecular weight is 230 g/mol. The van der Waals surface area contributed by atoms with Crippen molar-refractivity contribution in [3.05, 3.63) is 6.20 Å². The molecule has 15 heavy (non-hydrogen) atoms. The second kappa shape index (κ2) is 4.69. The number of hydrogen-bond donors (Lipinski definition) is 2. The highest BCUT2D eigenvalue weighted by Crippen LogP contribution is 2.10. The molecule has 0 aliphatic carbocycles. The third-order valence-corrected chi connectivity index (χ3v) is 2.43. The topological polar surface area (TPSA) is 95.4 Å². The van der Waals surface area contributed by atoms with Crippen LogP contribution in [0.15, 0.2) is 6.20 Å². The highest BCUT2D eigenvalue weighted by Gasteiger charge is 2.21. The smallest absolute Gasteiger partial charge is 0.326 e. The molecule has 0 aliphatic rings.